The number of likely N-dealkylation sites (tertiary alicyclic amines) is 2. The zero-order valence-corrected chi connectivity index (χ0v) is 15.7. The SMILES string of the molecule is COc1cc(N2CCC(N3CC4CC3CN4CCF)CC2)ccc1[N+](=O)[O-]. The van der Waals surface area contributed by atoms with E-state index in [1.807, 2.05) is 6.07 Å². The summed E-state index contributed by atoms with van der Waals surface area (Å²) in [6.07, 6.45) is 3.36. The van der Waals surface area contributed by atoms with Crippen LogP contribution in [0.5, 0.6) is 5.75 Å². The molecule has 0 aromatic heterocycles. The van der Waals surface area contributed by atoms with Crippen LogP contribution in [0.1, 0.15) is 19.3 Å². The van der Waals surface area contributed by atoms with Crippen LogP contribution in [0, 0.1) is 10.1 Å². The second-order valence-corrected chi connectivity index (χ2v) is 7.76. The van der Waals surface area contributed by atoms with Crippen LogP contribution in [0.15, 0.2) is 18.2 Å². The second-order valence-electron chi connectivity index (χ2n) is 7.76. The summed E-state index contributed by atoms with van der Waals surface area (Å²) in [7, 11) is 1.47. The lowest BCUT2D eigenvalue weighted by atomic mass is 10.0. The van der Waals surface area contributed by atoms with Crippen LogP contribution in [0.25, 0.3) is 0 Å². The van der Waals surface area contributed by atoms with Gasteiger partial charge >= 0.3 is 5.69 Å². The highest BCUT2D eigenvalue weighted by Gasteiger charge is 2.45. The molecule has 2 unspecified atom stereocenters. The zero-order chi connectivity index (χ0) is 19.0. The van der Waals surface area contributed by atoms with Crippen LogP contribution >= 0.6 is 0 Å². The fourth-order valence-corrected chi connectivity index (χ4v) is 5.08. The first-order valence-electron chi connectivity index (χ1n) is 9.74. The summed E-state index contributed by atoms with van der Waals surface area (Å²) >= 11 is 0. The number of methoxy groups -OCH3 is 1. The number of halogens is 1. The maximum absolute atomic E-state index is 12.6. The topological polar surface area (TPSA) is 62.1 Å². The Kier molecular flexibility index (Phi) is 5.19. The minimum Gasteiger partial charge on any atom is -0.490 e. The predicted octanol–water partition coefficient (Wildman–Crippen LogP) is 2.30. The number of fused-ring (bicyclic) bond motifs is 2. The number of piperidine rings is 1. The molecule has 7 nitrogen and oxygen atoms in total. The molecule has 0 aliphatic carbocycles. The predicted molar refractivity (Wildman–Crippen MR) is 101 cm³/mol. The lowest BCUT2D eigenvalue weighted by molar-refractivity contribution is -0.385. The van der Waals surface area contributed by atoms with E-state index in [0.717, 1.165) is 44.7 Å². The van der Waals surface area contributed by atoms with E-state index < -0.39 is 4.92 Å². The molecule has 3 fully saturated rings. The molecular formula is C19H27FN4O3. The molecule has 148 valence electrons. The van der Waals surface area contributed by atoms with Crippen molar-refractivity contribution in [2.45, 2.75) is 37.4 Å². The first kappa shape index (κ1) is 18.4. The van der Waals surface area contributed by atoms with Crippen LogP contribution in [0.2, 0.25) is 0 Å². The average Bonchev–Trinajstić information content (AvgIpc) is 3.28. The van der Waals surface area contributed by atoms with Gasteiger partial charge in [-0.15, -0.1) is 0 Å². The van der Waals surface area contributed by atoms with Gasteiger partial charge in [0.25, 0.3) is 0 Å². The van der Waals surface area contributed by atoms with E-state index in [1.165, 1.54) is 19.6 Å². The minimum atomic E-state index is -0.413. The molecule has 1 aromatic rings. The van der Waals surface area contributed by atoms with E-state index in [0.29, 0.717) is 30.4 Å². The maximum atomic E-state index is 12.6. The third kappa shape index (κ3) is 3.48. The molecule has 8 heteroatoms. The minimum absolute atomic E-state index is 0.00191. The Labute approximate surface area is 158 Å². The van der Waals surface area contributed by atoms with Gasteiger partial charge < -0.3 is 9.64 Å². The quantitative estimate of drug-likeness (QED) is 0.559. The van der Waals surface area contributed by atoms with Gasteiger partial charge in [0.05, 0.1) is 12.0 Å². The van der Waals surface area contributed by atoms with E-state index in [1.54, 1.807) is 6.07 Å². The average molecular weight is 378 g/mol. The van der Waals surface area contributed by atoms with Crippen molar-refractivity contribution >= 4 is 11.4 Å². The molecule has 0 saturated carbocycles. The Morgan fingerprint density at radius 1 is 1.22 bits per heavy atom. The summed E-state index contributed by atoms with van der Waals surface area (Å²) < 4.78 is 17.8. The second kappa shape index (κ2) is 7.59. The highest BCUT2D eigenvalue weighted by Crippen LogP contribution is 2.36. The summed E-state index contributed by atoms with van der Waals surface area (Å²) in [4.78, 5) is 17.9. The summed E-state index contributed by atoms with van der Waals surface area (Å²) in [5, 5.41) is 11.1. The zero-order valence-electron chi connectivity index (χ0n) is 15.7. The van der Waals surface area contributed by atoms with Crippen LogP contribution in [-0.4, -0.2) is 79.4 Å². The Morgan fingerprint density at radius 3 is 2.59 bits per heavy atom. The molecule has 0 radical (unpaired) electrons. The number of nitrogens with zero attached hydrogens (tertiary/aromatic N) is 4. The Balaban J connectivity index is 1.36. The van der Waals surface area contributed by atoms with Crippen molar-refractivity contribution in [1.29, 1.82) is 0 Å². The standard InChI is InChI=1S/C19H27FN4O3/c1-27-19-11-15(2-3-18(19)24(25)26)21-7-4-14(5-8-21)23-13-16-10-17(23)12-22(16)9-6-20/h2-3,11,14,16-17H,4-10,12-13H2,1H3. The summed E-state index contributed by atoms with van der Waals surface area (Å²) in [5.74, 6) is 0.310. The molecule has 4 rings (SSSR count). The highest BCUT2D eigenvalue weighted by molar-refractivity contribution is 5.59. The van der Waals surface area contributed by atoms with E-state index in [9.17, 15) is 14.5 Å². The van der Waals surface area contributed by atoms with Crippen LogP contribution in [-0.2, 0) is 0 Å². The molecule has 3 saturated heterocycles. The van der Waals surface area contributed by atoms with Crippen molar-refractivity contribution in [3.05, 3.63) is 28.3 Å². The van der Waals surface area contributed by atoms with Gasteiger partial charge in [-0.3, -0.25) is 19.9 Å². The lowest BCUT2D eigenvalue weighted by Gasteiger charge is -2.43. The van der Waals surface area contributed by atoms with Crippen molar-refractivity contribution in [2.24, 2.45) is 0 Å². The van der Waals surface area contributed by atoms with Gasteiger partial charge in [0.1, 0.15) is 6.67 Å². The Hall–Kier alpha value is -1.93. The third-order valence-corrected chi connectivity index (χ3v) is 6.43. The van der Waals surface area contributed by atoms with Crippen LogP contribution in [0.3, 0.4) is 0 Å². The van der Waals surface area contributed by atoms with Crippen molar-refractivity contribution in [1.82, 2.24) is 9.80 Å². The van der Waals surface area contributed by atoms with Crippen molar-refractivity contribution in [3.8, 4) is 5.75 Å². The van der Waals surface area contributed by atoms with Gasteiger partial charge in [-0.05, 0) is 25.3 Å². The van der Waals surface area contributed by atoms with Gasteiger partial charge in [-0.25, -0.2) is 4.39 Å². The van der Waals surface area contributed by atoms with Crippen LogP contribution < -0.4 is 9.64 Å². The number of piperazine rings is 1. The molecule has 1 aromatic carbocycles. The molecule has 27 heavy (non-hydrogen) atoms. The van der Waals surface area contributed by atoms with Crippen LogP contribution in [0.4, 0.5) is 15.8 Å². The monoisotopic (exact) mass is 378 g/mol. The first-order valence-corrected chi connectivity index (χ1v) is 9.74. The fourth-order valence-electron chi connectivity index (χ4n) is 5.08. The van der Waals surface area contributed by atoms with Gasteiger partial charge in [0, 0.05) is 68.7 Å². The number of alkyl halides is 1. The number of anilines is 1. The van der Waals surface area contributed by atoms with Gasteiger partial charge in [-0.2, -0.15) is 0 Å². The Morgan fingerprint density at radius 2 is 2.00 bits per heavy atom. The number of hydrogen-bond donors (Lipinski definition) is 0. The first-order chi connectivity index (χ1) is 13.1. The molecule has 0 amide bonds. The molecule has 0 N–H and O–H groups in total. The van der Waals surface area contributed by atoms with Crippen molar-refractivity contribution in [3.63, 3.8) is 0 Å². The smallest absolute Gasteiger partial charge is 0.311 e. The number of rotatable bonds is 6. The van der Waals surface area contributed by atoms with Gasteiger partial charge in [-0.1, -0.05) is 0 Å². The summed E-state index contributed by atoms with van der Waals surface area (Å²) in [6.45, 7) is 4.28. The van der Waals surface area contributed by atoms with Crippen molar-refractivity contribution < 1.29 is 14.1 Å². The third-order valence-electron chi connectivity index (χ3n) is 6.43. The summed E-state index contributed by atoms with van der Waals surface area (Å²) in [5.41, 5.74) is 0.982. The number of hydrogen-bond acceptors (Lipinski definition) is 6. The fraction of sp³-hybridized carbons (Fsp3) is 0.684. The van der Waals surface area contributed by atoms with Gasteiger partial charge in [0.2, 0.25) is 0 Å². The van der Waals surface area contributed by atoms with Gasteiger partial charge in [0.15, 0.2) is 5.75 Å². The van der Waals surface area contributed by atoms with E-state index in [-0.39, 0.29) is 12.4 Å². The number of nitro benzene ring substituents is 1. The number of ether oxygens (including phenoxy) is 1. The van der Waals surface area contributed by atoms with E-state index in [4.69, 9.17) is 4.74 Å². The molecular weight excluding hydrogens is 351 g/mol. The van der Waals surface area contributed by atoms with E-state index in [2.05, 4.69) is 14.7 Å². The molecule has 3 heterocycles. The maximum Gasteiger partial charge on any atom is 0.311 e. The molecule has 0 spiro atoms. The van der Waals surface area contributed by atoms with Crippen molar-refractivity contribution in [2.75, 3.05) is 51.4 Å². The highest BCUT2D eigenvalue weighted by atomic mass is 19.1. The molecule has 2 atom stereocenters. The molecule has 3 aliphatic heterocycles. The lowest BCUT2D eigenvalue weighted by Crippen LogP contribution is -2.53. The number of benzene rings is 1. The normalized spacial score (nSPS) is 26.7. The largest absolute Gasteiger partial charge is 0.490 e. The number of nitro groups is 1. The molecule has 2 bridgehead atoms. The summed E-state index contributed by atoms with van der Waals surface area (Å²) in [6, 6.07) is 6.81. The van der Waals surface area contributed by atoms with E-state index >= 15 is 0 Å². The molecule has 3 aliphatic rings. The Bertz CT molecular complexity index is 696.